The van der Waals surface area contributed by atoms with Crippen LogP contribution in [0.2, 0.25) is 0 Å². The van der Waals surface area contributed by atoms with E-state index in [0.29, 0.717) is 0 Å². The van der Waals surface area contributed by atoms with Gasteiger partial charge < -0.3 is 4.81 Å². The molecule has 0 amide bonds. The molecule has 0 saturated carbocycles. The summed E-state index contributed by atoms with van der Waals surface area (Å²) >= 11 is 1.58. The van der Waals surface area contributed by atoms with Crippen LogP contribution in [0.3, 0.4) is 0 Å². The number of aromatic nitrogens is 1. The third-order valence-electron chi connectivity index (χ3n) is 2.04. The molecule has 1 aromatic heterocycles. The van der Waals surface area contributed by atoms with Crippen LogP contribution in [0.4, 0.5) is 5.13 Å². The van der Waals surface area contributed by atoms with Crippen LogP contribution < -0.4 is 4.81 Å². The smallest absolute Gasteiger partial charge is 0.187 e. The highest BCUT2D eigenvalue weighted by Crippen LogP contribution is 2.18. The van der Waals surface area contributed by atoms with Crippen LogP contribution in [0.1, 0.15) is 5.56 Å². The Morgan fingerprint density at radius 1 is 1.33 bits per heavy atom. The summed E-state index contributed by atoms with van der Waals surface area (Å²) in [5, 5.41) is 2.86. The van der Waals surface area contributed by atoms with Crippen LogP contribution in [-0.4, -0.2) is 20.0 Å². The number of rotatable bonds is 4. The summed E-state index contributed by atoms with van der Waals surface area (Å²) < 4.78 is 0. The molecule has 0 saturated heterocycles. The zero-order valence-electron chi connectivity index (χ0n) is 8.21. The molecular weight excluding hydrogens is 202 g/mol. The summed E-state index contributed by atoms with van der Waals surface area (Å²) in [5.74, 6) is 0. The maximum absolute atomic E-state index is 5.58. The first-order chi connectivity index (χ1) is 7.40. The minimum Gasteiger partial charge on any atom is -0.402 e. The van der Waals surface area contributed by atoms with E-state index in [1.807, 2.05) is 28.4 Å². The van der Waals surface area contributed by atoms with Gasteiger partial charge in [0, 0.05) is 25.9 Å². The summed E-state index contributed by atoms with van der Waals surface area (Å²) in [6.45, 7) is 0.755. The fourth-order valence-corrected chi connectivity index (χ4v) is 1.95. The summed E-state index contributed by atoms with van der Waals surface area (Å²) in [6.07, 6.45) is 1.78. The molecule has 0 fully saturated rings. The summed E-state index contributed by atoms with van der Waals surface area (Å²) in [6, 6.07) is 10.2. The third-order valence-corrected chi connectivity index (χ3v) is 2.85. The van der Waals surface area contributed by atoms with Crippen LogP contribution in [0, 0.1) is 0 Å². The molecule has 3 radical (unpaired) electrons. The molecule has 0 aliphatic rings. The van der Waals surface area contributed by atoms with Crippen molar-refractivity contribution in [3.05, 3.63) is 47.5 Å². The van der Waals surface area contributed by atoms with Gasteiger partial charge in [-0.15, -0.1) is 11.3 Å². The molecule has 15 heavy (non-hydrogen) atoms. The van der Waals surface area contributed by atoms with Gasteiger partial charge in [0.15, 0.2) is 12.4 Å². The largest absolute Gasteiger partial charge is 0.402 e. The second-order valence-electron chi connectivity index (χ2n) is 3.08. The maximum atomic E-state index is 5.58. The van der Waals surface area contributed by atoms with E-state index in [-0.39, 0.29) is 0 Å². The van der Waals surface area contributed by atoms with E-state index >= 15 is 0 Å². The van der Waals surface area contributed by atoms with Crippen LogP contribution in [0.15, 0.2) is 41.9 Å². The summed E-state index contributed by atoms with van der Waals surface area (Å²) in [4.78, 5) is 6.15. The van der Waals surface area contributed by atoms with Gasteiger partial charge in [-0.1, -0.05) is 30.3 Å². The number of hydrogen-bond donors (Lipinski definition) is 0. The fourth-order valence-electron chi connectivity index (χ4n) is 1.32. The zero-order chi connectivity index (χ0) is 10.5. The molecule has 0 unspecified atom stereocenters. The number of benzene rings is 1. The molecule has 0 bridgehead atoms. The van der Waals surface area contributed by atoms with Crippen molar-refractivity contribution >= 4 is 31.5 Å². The van der Waals surface area contributed by atoms with Gasteiger partial charge in [-0.25, -0.2) is 4.98 Å². The highest BCUT2D eigenvalue weighted by atomic mass is 32.1. The molecule has 0 atom stereocenters. The quantitative estimate of drug-likeness (QED) is 0.717. The van der Waals surface area contributed by atoms with Crippen molar-refractivity contribution in [3.8, 4) is 0 Å². The van der Waals surface area contributed by atoms with Crippen molar-refractivity contribution in [1.29, 1.82) is 0 Å². The van der Waals surface area contributed by atoms with Crippen LogP contribution in [-0.2, 0) is 6.54 Å². The zero-order valence-corrected chi connectivity index (χ0v) is 9.02. The van der Waals surface area contributed by atoms with E-state index in [4.69, 9.17) is 7.74 Å². The van der Waals surface area contributed by atoms with Gasteiger partial charge in [0.1, 0.15) is 0 Å². The molecule has 0 aliphatic heterocycles. The van der Waals surface area contributed by atoms with E-state index in [0.717, 1.165) is 11.7 Å². The molecule has 1 heterocycles. The maximum Gasteiger partial charge on any atom is 0.187 e. The highest BCUT2D eigenvalue weighted by Gasteiger charge is 2.06. The van der Waals surface area contributed by atoms with Gasteiger partial charge in [-0.05, 0) is 5.56 Å². The van der Waals surface area contributed by atoms with Crippen molar-refractivity contribution < 1.29 is 0 Å². The summed E-state index contributed by atoms with van der Waals surface area (Å²) in [7, 11) is 7.14. The lowest BCUT2D eigenvalue weighted by atomic mass is 9.65. The van der Waals surface area contributed by atoms with Gasteiger partial charge in [0.25, 0.3) is 0 Å². The molecule has 0 aliphatic carbocycles. The van der Waals surface area contributed by atoms with Crippen molar-refractivity contribution in [2.45, 2.75) is 6.54 Å². The van der Waals surface area contributed by atoms with Crippen LogP contribution >= 0.6 is 11.3 Å². The Morgan fingerprint density at radius 3 is 2.73 bits per heavy atom. The molecule has 2 aromatic rings. The van der Waals surface area contributed by atoms with E-state index in [2.05, 4.69) is 17.1 Å². The Hall–Kier alpha value is -1.22. The lowest BCUT2D eigenvalue weighted by Crippen LogP contribution is -2.27. The van der Waals surface area contributed by atoms with Gasteiger partial charge in [0.2, 0.25) is 0 Å². The molecule has 2 nitrogen and oxygen atoms in total. The molecule has 0 N–H and O–H groups in total. The average molecular weight is 211 g/mol. The van der Waals surface area contributed by atoms with E-state index in [1.165, 1.54) is 5.56 Å². The number of hydrogen-bond acceptors (Lipinski definition) is 3. The van der Waals surface area contributed by atoms with Crippen molar-refractivity contribution in [2.24, 2.45) is 0 Å². The minimum absolute atomic E-state index is 0.755. The first-order valence-corrected chi connectivity index (χ1v) is 5.53. The second kappa shape index (κ2) is 5.03. The molecule has 1 aromatic carbocycles. The third kappa shape index (κ3) is 2.63. The van der Waals surface area contributed by atoms with Crippen molar-refractivity contribution in [2.75, 3.05) is 4.81 Å². The number of nitrogens with zero attached hydrogens (tertiary/aromatic N) is 2. The van der Waals surface area contributed by atoms with Crippen LogP contribution in [0.25, 0.3) is 0 Å². The van der Waals surface area contributed by atoms with Gasteiger partial charge in [0.05, 0.1) is 0 Å². The molecule has 5 heteroatoms. The normalized spacial score (nSPS) is 9.87. The Morgan fingerprint density at radius 2 is 2.13 bits per heavy atom. The lowest BCUT2D eigenvalue weighted by molar-refractivity contribution is 1.03. The number of thiazole rings is 1. The Kier molecular flexibility index (Phi) is 3.45. The highest BCUT2D eigenvalue weighted by molar-refractivity contribution is 7.14. The van der Waals surface area contributed by atoms with Gasteiger partial charge in [-0.3, -0.25) is 0 Å². The number of anilines is 1. The first kappa shape index (κ1) is 10.3. The topological polar surface area (TPSA) is 16.1 Å². The van der Waals surface area contributed by atoms with Gasteiger partial charge in [-0.2, -0.15) is 0 Å². The molecule has 71 valence electrons. The monoisotopic (exact) mass is 211 g/mol. The Labute approximate surface area is 95.6 Å². The molecule has 2 rings (SSSR count). The Bertz CT molecular complexity index is 391. The standard InChI is InChI=1S/C10H9B2N2S/c11-12-14(10-13-6-7-15-10)8-9-4-2-1-3-5-9/h1-7H,8H2. The van der Waals surface area contributed by atoms with E-state index in [1.54, 1.807) is 24.8 Å². The predicted octanol–water partition coefficient (Wildman–Crippen LogP) is 1.85. The summed E-state index contributed by atoms with van der Waals surface area (Å²) in [5.41, 5.74) is 1.22. The molecular formula is C10H9B2N2S. The van der Waals surface area contributed by atoms with Gasteiger partial charge >= 0.3 is 0 Å². The SMILES string of the molecule is [B][B]N(Cc1ccccc1)c1nccs1. The van der Waals surface area contributed by atoms with Crippen molar-refractivity contribution in [3.63, 3.8) is 0 Å². The van der Waals surface area contributed by atoms with E-state index in [9.17, 15) is 0 Å². The lowest BCUT2D eigenvalue weighted by Gasteiger charge is -2.20. The molecule has 0 spiro atoms. The Balaban J connectivity index is 2.10. The minimum atomic E-state index is 0.755. The van der Waals surface area contributed by atoms with E-state index < -0.39 is 0 Å². The first-order valence-electron chi connectivity index (χ1n) is 4.65. The predicted molar refractivity (Wildman–Crippen MR) is 66.2 cm³/mol. The average Bonchev–Trinajstić information content (AvgIpc) is 2.81. The second-order valence-corrected chi connectivity index (χ2v) is 3.95. The fraction of sp³-hybridized carbons (Fsp3) is 0.100. The van der Waals surface area contributed by atoms with Crippen molar-refractivity contribution in [1.82, 2.24) is 4.98 Å². The van der Waals surface area contributed by atoms with Crippen LogP contribution in [0.5, 0.6) is 0 Å².